The summed E-state index contributed by atoms with van der Waals surface area (Å²) < 4.78 is 0.901. The average molecular weight is 367 g/mol. The number of carbonyl (C=O) groups excluding carboxylic acids is 1. The average Bonchev–Trinajstić information content (AvgIpc) is 2.46. The Morgan fingerprint density at radius 3 is 2.57 bits per heavy atom. The molecule has 2 aromatic carbocycles. The minimum atomic E-state index is -0.0963. The molecule has 0 saturated carbocycles. The molecule has 4 heteroatoms. The van der Waals surface area contributed by atoms with E-state index in [9.17, 15) is 4.79 Å². The van der Waals surface area contributed by atoms with Crippen molar-refractivity contribution in [1.82, 2.24) is 5.32 Å². The summed E-state index contributed by atoms with van der Waals surface area (Å²) in [5, 5.41) is 2.99. The zero-order valence-corrected chi connectivity index (χ0v) is 14.1. The molecular weight excluding hydrogens is 350 g/mol. The predicted molar refractivity (Wildman–Crippen MR) is 91.0 cm³/mol. The zero-order chi connectivity index (χ0) is 15.2. The van der Waals surface area contributed by atoms with Gasteiger partial charge in [-0.3, -0.25) is 4.79 Å². The Bertz CT molecular complexity index is 595. The molecule has 1 unspecified atom stereocenters. The minimum Gasteiger partial charge on any atom is -0.348 e. The molecule has 0 aliphatic heterocycles. The van der Waals surface area contributed by atoms with Crippen molar-refractivity contribution in [2.45, 2.75) is 19.4 Å². The lowest BCUT2D eigenvalue weighted by atomic mass is 10.1. The first kappa shape index (κ1) is 16.1. The number of benzene rings is 2. The molecule has 0 aliphatic carbocycles. The lowest BCUT2D eigenvalue weighted by molar-refractivity contribution is 0.0940. The highest BCUT2D eigenvalue weighted by atomic mass is 79.9. The lowest BCUT2D eigenvalue weighted by Gasteiger charge is -2.16. The topological polar surface area (TPSA) is 29.1 Å². The first-order valence-electron chi connectivity index (χ1n) is 6.76. The van der Waals surface area contributed by atoms with Crippen molar-refractivity contribution in [2.75, 3.05) is 5.88 Å². The first-order valence-corrected chi connectivity index (χ1v) is 8.09. The van der Waals surface area contributed by atoms with Crippen LogP contribution >= 0.6 is 27.5 Å². The quantitative estimate of drug-likeness (QED) is 0.784. The second-order valence-electron chi connectivity index (χ2n) is 5.03. The van der Waals surface area contributed by atoms with Gasteiger partial charge in [0.05, 0.1) is 0 Å². The monoisotopic (exact) mass is 365 g/mol. The normalized spacial score (nSPS) is 12.0. The fourth-order valence-corrected chi connectivity index (χ4v) is 2.97. The van der Waals surface area contributed by atoms with Crippen LogP contribution in [0.25, 0.3) is 0 Å². The predicted octanol–water partition coefficient (Wildman–Crippen LogP) is 4.34. The van der Waals surface area contributed by atoms with Gasteiger partial charge >= 0.3 is 0 Å². The summed E-state index contributed by atoms with van der Waals surface area (Å²) in [5.41, 5.74) is 2.85. The van der Waals surface area contributed by atoms with Gasteiger partial charge < -0.3 is 5.32 Å². The SMILES string of the molecule is Cc1cc(Br)cc(C(=O)NC(CCl)Cc2ccccc2)c1. The maximum Gasteiger partial charge on any atom is 0.251 e. The second-order valence-corrected chi connectivity index (χ2v) is 6.26. The van der Waals surface area contributed by atoms with E-state index >= 15 is 0 Å². The van der Waals surface area contributed by atoms with Gasteiger partial charge in [-0.15, -0.1) is 11.6 Å². The van der Waals surface area contributed by atoms with Crippen LogP contribution < -0.4 is 5.32 Å². The largest absolute Gasteiger partial charge is 0.348 e. The summed E-state index contributed by atoms with van der Waals surface area (Å²) in [6.45, 7) is 1.96. The molecule has 2 aromatic rings. The van der Waals surface area contributed by atoms with Crippen molar-refractivity contribution in [3.63, 3.8) is 0 Å². The molecule has 0 aliphatic rings. The van der Waals surface area contributed by atoms with Crippen LogP contribution in [0.1, 0.15) is 21.5 Å². The molecular formula is C17H17BrClNO. The Morgan fingerprint density at radius 2 is 1.95 bits per heavy atom. The van der Waals surface area contributed by atoms with E-state index in [-0.39, 0.29) is 11.9 Å². The van der Waals surface area contributed by atoms with Crippen molar-refractivity contribution in [3.8, 4) is 0 Å². The molecule has 0 aromatic heterocycles. The van der Waals surface area contributed by atoms with E-state index in [1.54, 1.807) is 0 Å². The summed E-state index contributed by atoms with van der Waals surface area (Å²) in [6.07, 6.45) is 0.725. The number of halogens is 2. The standard InChI is InChI=1S/C17H17BrClNO/c1-12-7-14(10-15(18)8-12)17(21)20-16(11-19)9-13-5-3-2-4-6-13/h2-8,10,16H,9,11H2,1H3,(H,20,21). The Morgan fingerprint density at radius 1 is 1.24 bits per heavy atom. The minimum absolute atomic E-state index is 0.0825. The molecule has 1 atom stereocenters. The molecule has 2 rings (SSSR count). The molecule has 21 heavy (non-hydrogen) atoms. The number of carbonyl (C=O) groups is 1. The number of hydrogen-bond acceptors (Lipinski definition) is 1. The van der Waals surface area contributed by atoms with E-state index in [1.807, 2.05) is 55.5 Å². The smallest absolute Gasteiger partial charge is 0.251 e. The molecule has 1 N–H and O–H groups in total. The zero-order valence-electron chi connectivity index (χ0n) is 11.8. The van der Waals surface area contributed by atoms with E-state index in [0.717, 1.165) is 22.0 Å². The number of rotatable bonds is 5. The number of nitrogens with one attached hydrogen (secondary N) is 1. The number of aryl methyl sites for hydroxylation is 1. The summed E-state index contributed by atoms with van der Waals surface area (Å²) in [6, 6.07) is 15.6. The summed E-state index contributed by atoms with van der Waals surface area (Å²) >= 11 is 9.40. The van der Waals surface area contributed by atoms with Crippen LogP contribution in [0.15, 0.2) is 53.0 Å². The van der Waals surface area contributed by atoms with Crippen molar-refractivity contribution < 1.29 is 4.79 Å². The van der Waals surface area contributed by atoms with Gasteiger partial charge in [0, 0.05) is 22.0 Å². The highest BCUT2D eigenvalue weighted by molar-refractivity contribution is 9.10. The summed E-state index contributed by atoms with van der Waals surface area (Å²) in [5.74, 6) is 0.286. The van der Waals surface area contributed by atoms with Crippen molar-refractivity contribution in [1.29, 1.82) is 0 Å². The van der Waals surface area contributed by atoms with E-state index in [0.29, 0.717) is 11.4 Å². The van der Waals surface area contributed by atoms with Crippen molar-refractivity contribution in [2.24, 2.45) is 0 Å². The van der Waals surface area contributed by atoms with Crippen LogP contribution in [0, 0.1) is 6.92 Å². The van der Waals surface area contributed by atoms with E-state index in [1.165, 1.54) is 0 Å². The molecule has 0 bridgehead atoms. The third kappa shape index (κ3) is 4.87. The highest BCUT2D eigenvalue weighted by Crippen LogP contribution is 2.15. The van der Waals surface area contributed by atoms with Crippen LogP contribution in [0.4, 0.5) is 0 Å². The van der Waals surface area contributed by atoms with Crippen LogP contribution in [-0.2, 0) is 6.42 Å². The van der Waals surface area contributed by atoms with Gasteiger partial charge in [-0.25, -0.2) is 0 Å². The van der Waals surface area contributed by atoms with E-state index in [4.69, 9.17) is 11.6 Å². The fourth-order valence-electron chi connectivity index (χ4n) is 2.18. The maximum absolute atomic E-state index is 12.3. The van der Waals surface area contributed by atoms with Gasteiger partial charge in [0.25, 0.3) is 5.91 Å². The number of alkyl halides is 1. The first-order chi connectivity index (χ1) is 10.1. The molecule has 110 valence electrons. The van der Waals surface area contributed by atoms with Gasteiger partial charge in [-0.2, -0.15) is 0 Å². The Balaban J connectivity index is 2.05. The molecule has 0 spiro atoms. The fraction of sp³-hybridized carbons (Fsp3) is 0.235. The maximum atomic E-state index is 12.3. The Labute approximate surface area is 138 Å². The van der Waals surface area contributed by atoms with E-state index in [2.05, 4.69) is 21.2 Å². The Hall–Kier alpha value is -1.32. The van der Waals surface area contributed by atoms with Gasteiger partial charge in [-0.05, 0) is 42.7 Å². The molecule has 0 heterocycles. The van der Waals surface area contributed by atoms with Crippen LogP contribution in [0.5, 0.6) is 0 Å². The number of hydrogen-bond donors (Lipinski definition) is 1. The summed E-state index contributed by atoms with van der Waals surface area (Å²) in [4.78, 5) is 12.3. The van der Waals surface area contributed by atoms with Crippen molar-refractivity contribution >= 4 is 33.4 Å². The van der Waals surface area contributed by atoms with Crippen LogP contribution in [-0.4, -0.2) is 17.8 Å². The Kier molecular flexibility index (Phi) is 5.83. The third-order valence-corrected chi connectivity index (χ3v) is 3.98. The van der Waals surface area contributed by atoms with Gasteiger partial charge in [0.15, 0.2) is 0 Å². The van der Waals surface area contributed by atoms with Crippen LogP contribution in [0.2, 0.25) is 0 Å². The molecule has 0 fully saturated rings. The van der Waals surface area contributed by atoms with Crippen molar-refractivity contribution in [3.05, 3.63) is 69.7 Å². The summed E-state index contributed by atoms with van der Waals surface area (Å²) in [7, 11) is 0. The van der Waals surface area contributed by atoms with E-state index < -0.39 is 0 Å². The molecule has 0 radical (unpaired) electrons. The van der Waals surface area contributed by atoms with Gasteiger partial charge in [-0.1, -0.05) is 46.3 Å². The molecule has 0 saturated heterocycles. The van der Waals surface area contributed by atoms with Crippen LogP contribution in [0.3, 0.4) is 0 Å². The number of amides is 1. The highest BCUT2D eigenvalue weighted by Gasteiger charge is 2.14. The van der Waals surface area contributed by atoms with Gasteiger partial charge in [0.2, 0.25) is 0 Å². The lowest BCUT2D eigenvalue weighted by Crippen LogP contribution is -2.37. The molecule has 2 nitrogen and oxygen atoms in total. The third-order valence-electron chi connectivity index (χ3n) is 3.15. The molecule has 1 amide bonds. The van der Waals surface area contributed by atoms with Gasteiger partial charge in [0.1, 0.15) is 0 Å². The second kappa shape index (κ2) is 7.62.